The molecule has 0 fully saturated rings. The molecule has 1 aliphatic heterocycles. The number of benzene rings is 1. The van der Waals surface area contributed by atoms with E-state index in [1.54, 1.807) is 0 Å². The van der Waals surface area contributed by atoms with Crippen LogP contribution in [0.5, 0.6) is 0 Å². The second-order valence-corrected chi connectivity index (χ2v) is 3.24. The van der Waals surface area contributed by atoms with Crippen molar-refractivity contribution in [1.29, 1.82) is 0 Å². The number of carbonyl (C=O) groups excluding carboxylic acids is 1. The summed E-state index contributed by atoms with van der Waals surface area (Å²) in [6.07, 6.45) is -0.0716. The molecule has 1 aliphatic rings. The van der Waals surface area contributed by atoms with Crippen LogP contribution in [-0.4, -0.2) is 15.8 Å². The molecule has 0 saturated carbocycles. The van der Waals surface area contributed by atoms with E-state index < -0.39 is 21.4 Å². The fourth-order valence-electron chi connectivity index (χ4n) is 1.56. The molecule has 8 nitrogen and oxygen atoms in total. The Morgan fingerprint density at radius 1 is 1.19 bits per heavy atom. The molecule has 82 valence electrons. The molecule has 1 aromatic rings. The van der Waals surface area contributed by atoms with E-state index in [0.717, 1.165) is 6.07 Å². The van der Waals surface area contributed by atoms with Crippen LogP contribution in [0.3, 0.4) is 0 Å². The second kappa shape index (κ2) is 3.26. The third-order valence-corrected chi connectivity index (χ3v) is 2.21. The summed E-state index contributed by atoms with van der Waals surface area (Å²) < 4.78 is 0. The van der Waals surface area contributed by atoms with Gasteiger partial charge in [0.05, 0.1) is 22.3 Å². The Balaban J connectivity index is 2.65. The van der Waals surface area contributed by atoms with Crippen molar-refractivity contribution >= 4 is 23.0 Å². The third kappa shape index (κ3) is 1.45. The summed E-state index contributed by atoms with van der Waals surface area (Å²) >= 11 is 0. The van der Waals surface area contributed by atoms with Gasteiger partial charge in [0.25, 0.3) is 11.4 Å². The SMILES string of the molecule is O=C1Cc2cc([N+](=O)[O-])cc([N+](=O)[O-])c2N1. The summed E-state index contributed by atoms with van der Waals surface area (Å²) in [4.78, 5) is 30.8. The highest BCUT2D eigenvalue weighted by atomic mass is 16.6. The zero-order chi connectivity index (χ0) is 11.9. The molecule has 0 unspecified atom stereocenters. The number of hydrogen-bond acceptors (Lipinski definition) is 5. The average molecular weight is 223 g/mol. The van der Waals surface area contributed by atoms with Gasteiger partial charge in [0.2, 0.25) is 5.91 Å². The van der Waals surface area contributed by atoms with E-state index >= 15 is 0 Å². The van der Waals surface area contributed by atoms with Gasteiger partial charge in [-0.3, -0.25) is 25.0 Å². The molecule has 16 heavy (non-hydrogen) atoms. The molecule has 0 aromatic heterocycles. The van der Waals surface area contributed by atoms with Crippen molar-refractivity contribution in [3.63, 3.8) is 0 Å². The van der Waals surface area contributed by atoms with Crippen LogP contribution in [0.15, 0.2) is 12.1 Å². The van der Waals surface area contributed by atoms with Crippen LogP contribution in [0.2, 0.25) is 0 Å². The molecule has 0 aliphatic carbocycles. The van der Waals surface area contributed by atoms with Crippen LogP contribution in [0.1, 0.15) is 5.56 Å². The second-order valence-electron chi connectivity index (χ2n) is 3.24. The van der Waals surface area contributed by atoms with Crippen LogP contribution < -0.4 is 5.32 Å². The molecule has 0 atom stereocenters. The first-order valence-corrected chi connectivity index (χ1v) is 4.24. The Labute approximate surface area is 88.2 Å². The fraction of sp³-hybridized carbons (Fsp3) is 0.125. The molecule has 2 rings (SSSR count). The van der Waals surface area contributed by atoms with Crippen molar-refractivity contribution < 1.29 is 14.6 Å². The molecule has 0 radical (unpaired) electrons. The number of non-ortho nitro benzene ring substituents is 1. The van der Waals surface area contributed by atoms with E-state index in [1.807, 2.05) is 0 Å². The normalized spacial score (nSPS) is 13.1. The summed E-state index contributed by atoms with van der Waals surface area (Å²) in [7, 11) is 0. The third-order valence-electron chi connectivity index (χ3n) is 2.21. The van der Waals surface area contributed by atoms with Gasteiger partial charge in [0.1, 0.15) is 5.69 Å². The van der Waals surface area contributed by atoms with Crippen LogP contribution in [0.4, 0.5) is 17.1 Å². The Bertz CT molecular complexity index is 525. The number of nitrogens with one attached hydrogen (secondary N) is 1. The van der Waals surface area contributed by atoms with Gasteiger partial charge in [-0.1, -0.05) is 0 Å². The van der Waals surface area contributed by atoms with Gasteiger partial charge in [0, 0.05) is 6.07 Å². The summed E-state index contributed by atoms with van der Waals surface area (Å²) in [5, 5.41) is 23.5. The first-order chi connectivity index (χ1) is 7.49. The Hall–Kier alpha value is -2.51. The molecular weight excluding hydrogens is 218 g/mol. The van der Waals surface area contributed by atoms with E-state index in [4.69, 9.17) is 0 Å². The number of nitrogens with zero attached hydrogens (tertiary/aromatic N) is 2. The van der Waals surface area contributed by atoms with Crippen molar-refractivity contribution in [3.8, 4) is 0 Å². The predicted octanol–water partition coefficient (Wildman–Crippen LogP) is 0.998. The van der Waals surface area contributed by atoms with Crippen LogP contribution in [0, 0.1) is 20.2 Å². The number of carbonyl (C=O) groups is 1. The van der Waals surface area contributed by atoms with E-state index in [0.29, 0.717) is 0 Å². The average Bonchev–Trinajstić information content (AvgIpc) is 2.55. The number of fused-ring (bicyclic) bond motifs is 1. The van der Waals surface area contributed by atoms with Gasteiger partial charge < -0.3 is 5.32 Å². The van der Waals surface area contributed by atoms with Crippen molar-refractivity contribution in [2.45, 2.75) is 6.42 Å². The predicted molar refractivity (Wildman–Crippen MR) is 52.1 cm³/mol. The van der Waals surface area contributed by atoms with Gasteiger partial charge in [-0.05, 0) is 5.56 Å². The van der Waals surface area contributed by atoms with Crippen molar-refractivity contribution in [3.05, 3.63) is 37.9 Å². The lowest BCUT2D eigenvalue weighted by molar-refractivity contribution is -0.393. The molecule has 0 spiro atoms. The number of hydrogen-bond donors (Lipinski definition) is 1. The summed E-state index contributed by atoms with van der Waals surface area (Å²) in [5.74, 6) is -0.404. The van der Waals surface area contributed by atoms with Crippen molar-refractivity contribution in [1.82, 2.24) is 0 Å². The molecule has 1 heterocycles. The van der Waals surface area contributed by atoms with Gasteiger partial charge in [-0.2, -0.15) is 0 Å². The zero-order valence-corrected chi connectivity index (χ0v) is 7.80. The topological polar surface area (TPSA) is 115 Å². The van der Waals surface area contributed by atoms with Gasteiger partial charge in [-0.15, -0.1) is 0 Å². The Morgan fingerprint density at radius 3 is 2.44 bits per heavy atom. The smallest absolute Gasteiger partial charge is 0.299 e. The summed E-state index contributed by atoms with van der Waals surface area (Å²) in [6, 6.07) is 2.00. The lowest BCUT2D eigenvalue weighted by Gasteiger charge is -2.00. The number of anilines is 1. The quantitative estimate of drug-likeness (QED) is 0.592. The maximum atomic E-state index is 11.1. The first-order valence-electron chi connectivity index (χ1n) is 4.24. The molecule has 0 saturated heterocycles. The lowest BCUT2D eigenvalue weighted by atomic mass is 10.1. The lowest BCUT2D eigenvalue weighted by Crippen LogP contribution is -2.04. The number of rotatable bonds is 2. The highest BCUT2D eigenvalue weighted by molar-refractivity contribution is 6.02. The largest absolute Gasteiger partial charge is 0.320 e. The maximum Gasteiger partial charge on any atom is 0.299 e. The number of amides is 1. The molecule has 8 heteroatoms. The minimum absolute atomic E-state index is 0.0561. The van der Waals surface area contributed by atoms with Gasteiger partial charge in [-0.25, -0.2) is 0 Å². The van der Waals surface area contributed by atoms with E-state index in [9.17, 15) is 25.0 Å². The highest BCUT2D eigenvalue weighted by Crippen LogP contribution is 2.36. The van der Waals surface area contributed by atoms with E-state index in [1.165, 1.54) is 6.07 Å². The summed E-state index contributed by atoms with van der Waals surface area (Å²) in [6.45, 7) is 0. The van der Waals surface area contributed by atoms with Gasteiger partial charge in [0.15, 0.2) is 0 Å². The number of nitro benzene ring substituents is 2. The Kier molecular flexibility index (Phi) is 2.04. The highest BCUT2D eigenvalue weighted by Gasteiger charge is 2.30. The van der Waals surface area contributed by atoms with Crippen LogP contribution in [-0.2, 0) is 11.2 Å². The van der Waals surface area contributed by atoms with Crippen molar-refractivity contribution in [2.24, 2.45) is 0 Å². The minimum Gasteiger partial charge on any atom is -0.320 e. The molecule has 1 N–H and O–H groups in total. The molecule has 1 aromatic carbocycles. The molecule has 1 amide bonds. The standard InChI is InChI=1S/C8H5N3O5/c12-7-2-4-1-5(10(13)14)3-6(11(15)16)8(4)9-7/h1,3H,2H2,(H,9,12). The first kappa shape index (κ1) is 10.0. The molecular formula is C8H5N3O5. The fourth-order valence-corrected chi connectivity index (χ4v) is 1.56. The zero-order valence-electron chi connectivity index (χ0n) is 7.80. The summed E-state index contributed by atoms with van der Waals surface area (Å²) in [5.41, 5.74) is -0.497. The van der Waals surface area contributed by atoms with E-state index in [-0.39, 0.29) is 23.4 Å². The Morgan fingerprint density at radius 2 is 1.88 bits per heavy atom. The van der Waals surface area contributed by atoms with Gasteiger partial charge >= 0.3 is 0 Å². The van der Waals surface area contributed by atoms with Crippen LogP contribution >= 0.6 is 0 Å². The van der Waals surface area contributed by atoms with E-state index in [2.05, 4.69) is 5.32 Å². The minimum atomic E-state index is -0.753. The number of nitro groups is 2. The van der Waals surface area contributed by atoms with Crippen LogP contribution in [0.25, 0.3) is 0 Å². The monoisotopic (exact) mass is 223 g/mol. The molecule has 0 bridgehead atoms. The maximum absolute atomic E-state index is 11.1. The van der Waals surface area contributed by atoms with Crippen molar-refractivity contribution in [2.75, 3.05) is 5.32 Å².